The van der Waals surface area contributed by atoms with Gasteiger partial charge in [0.15, 0.2) is 11.7 Å². The molecule has 2 aromatic rings. The van der Waals surface area contributed by atoms with Crippen molar-refractivity contribution in [1.82, 2.24) is 9.61 Å². The summed E-state index contributed by atoms with van der Waals surface area (Å²) in [5.41, 5.74) is 0.858. The lowest BCUT2D eigenvalue weighted by Gasteiger charge is -2.15. The van der Waals surface area contributed by atoms with Crippen LogP contribution in [-0.2, 0) is 16.0 Å². The molecular formula is C15H15FN2O5. The Labute approximate surface area is 130 Å². The maximum absolute atomic E-state index is 13.7. The number of carboxylic acid groups (broad SMARTS) is 2. The number of aromatic nitrogens is 2. The highest BCUT2D eigenvalue weighted by atomic mass is 19.1. The van der Waals surface area contributed by atoms with E-state index in [-0.39, 0.29) is 5.56 Å². The van der Waals surface area contributed by atoms with Crippen molar-refractivity contribution in [3.05, 3.63) is 35.4 Å². The molecule has 0 aromatic carbocycles. The van der Waals surface area contributed by atoms with Gasteiger partial charge in [-0.3, -0.25) is 14.4 Å². The smallest absolute Gasteiger partial charge is 0.318 e. The van der Waals surface area contributed by atoms with Crippen LogP contribution in [0.25, 0.3) is 5.52 Å². The number of hydrogen-bond donors (Lipinski definition) is 2. The van der Waals surface area contributed by atoms with Crippen LogP contribution in [0.3, 0.4) is 0 Å². The number of Topliss-reactive ketones (excluding diaryl/α,β-unsaturated/α-hetero) is 1. The Balaban J connectivity index is 2.54. The zero-order valence-electron chi connectivity index (χ0n) is 12.5. The van der Waals surface area contributed by atoms with Gasteiger partial charge in [0.2, 0.25) is 0 Å². The van der Waals surface area contributed by atoms with Crippen LogP contribution in [0.2, 0.25) is 0 Å². The summed E-state index contributed by atoms with van der Waals surface area (Å²) >= 11 is 0. The number of nitrogens with zero attached hydrogens (tertiary/aromatic N) is 2. The third-order valence-electron chi connectivity index (χ3n) is 3.66. The summed E-state index contributed by atoms with van der Waals surface area (Å²) < 4.78 is 14.9. The number of halogens is 1. The molecule has 0 spiro atoms. The molecule has 0 aliphatic carbocycles. The summed E-state index contributed by atoms with van der Waals surface area (Å²) in [4.78, 5) is 34.7. The molecule has 2 rings (SSSR count). The van der Waals surface area contributed by atoms with Gasteiger partial charge in [-0.25, -0.2) is 8.91 Å². The standard InChI is InChI=1S/C15H15FN2O5/c1-3-9-5-11-10(4-8(16)6-18(11)17-9)13(19)7(2)12(14(20)21)15(22)23/h4-7,12H,3H2,1-2H3,(H,20,21)(H,22,23). The monoisotopic (exact) mass is 322 g/mol. The fourth-order valence-electron chi connectivity index (χ4n) is 2.41. The minimum absolute atomic E-state index is 0.0859. The predicted molar refractivity (Wildman–Crippen MR) is 76.8 cm³/mol. The van der Waals surface area contributed by atoms with Gasteiger partial charge in [-0.1, -0.05) is 13.8 Å². The second-order valence-electron chi connectivity index (χ2n) is 5.20. The van der Waals surface area contributed by atoms with Crippen LogP contribution < -0.4 is 0 Å². The highest BCUT2D eigenvalue weighted by Gasteiger charge is 2.37. The summed E-state index contributed by atoms with van der Waals surface area (Å²) in [6.45, 7) is 3.04. The number of carbonyl (C=O) groups excluding carboxylic acids is 1. The third-order valence-corrected chi connectivity index (χ3v) is 3.66. The van der Waals surface area contributed by atoms with Crippen molar-refractivity contribution < 1.29 is 29.0 Å². The minimum Gasteiger partial charge on any atom is -0.481 e. The maximum atomic E-state index is 13.7. The van der Waals surface area contributed by atoms with Gasteiger partial charge < -0.3 is 10.2 Å². The van der Waals surface area contributed by atoms with E-state index < -0.39 is 35.4 Å². The van der Waals surface area contributed by atoms with E-state index in [0.29, 0.717) is 17.6 Å². The molecule has 0 fully saturated rings. The van der Waals surface area contributed by atoms with E-state index in [1.807, 2.05) is 6.92 Å². The SMILES string of the molecule is CCc1cc2c(C(=O)C(C)C(C(=O)O)C(=O)O)cc(F)cn2n1. The number of fused-ring (bicyclic) bond motifs is 1. The van der Waals surface area contributed by atoms with E-state index >= 15 is 0 Å². The molecule has 1 unspecified atom stereocenters. The Bertz CT molecular complexity index is 785. The summed E-state index contributed by atoms with van der Waals surface area (Å²) in [5.74, 6) is -7.97. The molecule has 0 saturated carbocycles. The first-order valence-corrected chi connectivity index (χ1v) is 6.93. The number of carbonyl (C=O) groups is 3. The fraction of sp³-hybridized carbons (Fsp3) is 0.333. The summed E-state index contributed by atoms with van der Waals surface area (Å²) in [6, 6.07) is 2.56. The largest absolute Gasteiger partial charge is 0.481 e. The van der Waals surface area contributed by atoms with Crippen LogP contribution in [0, 0.1) is 17.7 Å². The Morgan fingerprint density at radius 1 is 1.26 bits per heavy atom. The minimum atomic E-state index is -1.90. The Kier molecular flexibility index (Phi) is 4.44. The number of rotatable bonds is 6. The highest BCUT2D eigenvalue weighted by molar-refractivity contribution is 6.08. The quantitative estimate of drug-likeness (QED) is 0.618. The number of hydrogen-bond acceptors (Lipinski definition) is 4. The van der Waals surface area contributed by atoms with E-state index in [9.17, 15) is 18.8 Å². The molecule has 0 bridgehead atoms. The second kappa shape index (κ2) is 6.15. The molecule has 2 heterocycles. The molecule has 122 valence electrons. The molecule has 0 amide bonds. The number of ketones is 1. The number of aliphatic carboxylic acids is 2. The van der Waals surface area contributed by atoms with Gasteiger partial charge in [-0.2, -0.15) is 5.10 Å². The van der Waals surface area contributed by atoms with Crippen LogP contribution in [0.1, 0.15) is 29.9 Å². The van der Waals surface area contributed by atoms with Crippen molar-refractivity contribution in [2.24, 2.45) is 11.8 Å². The molecule has 0 saturated heterocycles. The fourth-order valence-corrected chi connectivity index (χ4v) is 2.41. The number of aryl methyl sites for hydroxylation is 1. The van der Waals surface area contributed by atoms with Crippen molar-refractivity contribution in [2.45, 2.75) is 20.3 Å². The Hall–Kier alpha value is -2.77. The van der Waals surface area contributed by atoms with Crippen molar-refractivity contribution in [2.75, 3.05) is 0 Å². The summed E-state index contributed by atoms with van der Waals surface area (Å²) in [6.07, 6.45) is 1.67. The van der Waals surface area contributed by atoms with E-state index in [4.69, 9.17) is 10.2 Å². The van der Waals surface area contributed by atoms with Crippen LogP contribution in [-0.4, -0.2) is 37.5 Å². The lowest BCUT2D eigenvalue weighted by molar-refractivity contribution is -0.156. The average Bonchev–Trinajstić information content (AvgIpc) is 2.87. The molecule has 2 N–H and O–H groups in total. The first kappa shape index (κ1) is 16.6. The third kappa shape index (κ3) is 3.05. The van der Waals surface area contributed by atoms with E-state index in [1.165, 1.54) is 11.4 Å². The lowest BCUT2D eigenvalue weighted by atomic mass is 9.87. The van der Waals surface area contributed by atoms with Crippen molar-refractivity contribution in [3.63, 3.8) is 0 Å². The molecular weight excluding hydrogens is 307 g/mol. The van der Waals surface area contributed by atoms with Crippen LogP contribution in [0.5, 0.6) is 0 Å². The van der Waals surface area contributed by atoms with E-state index in [1.54, 1.807) is 6.07 Å². The van der Waals surface area contributed by atoms with Gasteiger partial charge in [-0.15, -0.1) is 0 Å². The molecule has 0 radical (unpaired) electrons. The average molecular weight is 322 g/mol. The van der Waals surface area contributed by atoms with Crippen LogP contribution in [0.15, 0.2) is 18.3 Å². The molecule has 0 aliphatic heterocycles. The zero-order chi connectivity index (χ0) is 17.3. The van der Waals surface area contributed by atoms with Crippen LogP contribution >= 0.6 is 0 Å². The second-order valence-corrected chi connectivity index (χ2v) is 5.20. The van der Waals surface area contributed by atoms with Gasteiger partial charge >= 0.3 is 11.9 Å². The maximum Gasteiger partial charge on any atom is 0.318 e. The van der Waals surface area contributed by atoms with Crippen molar-refractivity contribution in [1.29, 1.82) is 0 Å². The number of pyridine rings is 1. The topological polar surface area (TPSA) is 109 Å². The van der Waals surface area contributed by atoms with Gasteiger partial charge in [-0.05, 0) is 18.6 Å². The number of carboxylic acids is 2. The normalized spacial score (nSPS) is 12.5. The van der Waals surface area contributed by atoms with Crippen molar-refractivity contribution in [3.8, 4) is 0 Å². The molecule has 8 heteroatoms. The lowest BCUT2D eigenvalue weighted by Crippen LogP contribution is -2.34. The van der Waals surface area contributed by atoms with Gasteiger partial charge in [0, 0.05) is 11.5 Å². The van der Waals surface area contributed by atoms with Crippen LogP contribution in [0.4, 0.5) is 4.39 Å². The molecule has 7 nitrogen and oxygen atoms in total. The predicted octanol–water partition coefficient (Wildman–Crippen LogP) is 1.64. The first-order valence-electron chi connectivity index (χ1n) is 6.93. The van der Waals surface area contributed by atoms with Crippen molar-refractivity contribution >= 4 is 23.2 Å². The Morgan fingerprint density at radius 2 is 1.87 bits per heavy atom. The van der Waals surface area contributed by atoms with Gasteiger partial charge in [0.25, 0.3) is 0 Å². The van der Waals surface area contributed by atoms with Gasteiger partial charge in [0.1, 0.15) is 5.82 Å². The summed E-state index contributed by atoms with van der Waals surface area (Å²) in [7, 11) is 0. The molecule has 23 heavy (non-hydrogen) atoms. The highest BCUT2D eigenvalue weighted by Crippen LogP contribution is 2.23. The van der Waals surface area contributed by atoms with E-state index in [0.717, 1.165) is 12.3 Å². The zero-order valence-corrected chi connectivity index (χ0v) is 12.5. The summed E-state index contributed by atoms with van der Waals surface area (Å²) in [5, 5.41) is 22.1. The van der Waals surface area contributed by atoms with E-state index in [2.05, 4.69) is 5.10 Å². The molecule has 1 atom stereocenters. The Morgan fingerprint density at radius 3 is 2.39 bits per heavy atom. The molecule has 2 aromatic heterocycles. The molecule has 0 aliphatic rings. The first-order chi connectivity index (χ1) is 10.8. The van der Waals surface area contributed by atoms with Gasteiger partial charge in [0.05, 0.1) is 17.4 Å².